The number of nitro groups is 1. The summed E-state index contributed by atoms with van der Waals surface area (Å²) < 4.78 is 5.05. The minimum absolute atomic E-state index is 0.0142. The Kier molecular flexibility index (Phi) is 3.98. The maximum Gasteiger partial charge on any atom is 0.312 e. The predicted molar refractivity (Wildman–Crippen MR) is 56.9 cm³/mol. The van der Waals surface area contributed by atoms with E-state index in [4.69, 9.17) is 21.0 Å². The van der Waals surface area contributed by atoms with E-state index < -0.39 is 11.0 Å². The number of hydrogen-bond acceptors (Lipinski definition) is 6. The number of hydrogen-bond donors (Lipinski definition) is 1. The van der Waals surface area contributed by atoms with Crippen molar-refractivity contribution in [1.82, 2.24) is 0 Å². The SMILES string of the molecule is N#Cc1ccc(OCC(N)C#N)c([N+](=O)[O-])c1. The van der Waals surface area contributed by atoms with E-state index in [0.717, 1.165) is 6.07 Å². The zero-order valence-electron chi connectivity index (χ0n) is 8.66. The molecule has 0 aromatic heterocycles. The molecule has 0 heterocycles. The molecular weight excluding hydrogens is 224 g/mol. The Balaban J connectivity index is 2.96. The molecule has 0 saturated carbocycles. The monoisotopic (exact) mass is 232 g/mol. The Hall–Kier alpha value is -2.64. The van der Waals surface area contributed by atoms with Crippen LogP contribution in [0.3, 0.4) is 0 Å². The molecule has 0 aliphatic heterocycles. The Morgan fingerprint density at radius 3 is 2.76 bits per heavy atom. The normalized spacial score (nSPS) is 11.0. The molecule has 0 bridgehead atoms. The molecule has 1 aromatic rings. The van der Waals surface area contributed by atoms with E-state index in [1.165, 1.54) is 12.1 Å². The third-order valence-electron chi connectivity index (χ3n) is 1.87. The van der Waals surface area contributed by atoms with Gasteiger partial charge in [0.15, 0.2) is 5.75 Å². The highest BCUT2D eigenvalue weighted by atomic mass is 16.6. The summed E-state index contributed by atoms with van der Waals surface area (Å²) in [6, 6.07) is 6.47. The molecule has 0 fully saturated rings. The molecule has 7 heteroatoms. The van der Waals surface area contributed by atoms with Gasteiger partial charge in [0.25, 0.3) is 0 Å². The van der Waals surface area contributed by atoms with Crippen molar-refractivity contribution in [2.45, 2.75) is 6.04 Å². The lowest BCUT2D eigenvalue weighted by Gasteiger charge is -2.07. The van der Waals surface area contributed by atoms with Gasteiger partial charge in [0, 0.05) is 6.07 Å². The van der Waals surface area contributed by atoms with Crippen molar-refractivity contribution in [3.05, 3.63) is 33.9 Å². The standard InChI is InChI=1S/C10H8N4O3/c11-4-7-1-2-10(9(3-7)14(15)16)17-6-8(13)5-12/h1-3,8H,6,13H2. The molecule has 0 spiro atoms. The van der Waals surface area contributed by atoms with Gasteiger partial charge < -0.3 is 10.5 Å². The van der Waals surface area contributed by atoms with Crippen LogP contribution in [0.4, 0.5) is 5.69 Å². The van der Waals surface area contributed by atoms with E-state index in [1.54, 1.807) is 12.1 Å². The average molecular weight is 232 g/mol. The second kappa shape index (κ2) is 5.45. The molecule has 0 amide bonds. The van der Waals surface area contributed by atoms with Crippen molar-refractivity contribution in [2.24, 2.45) is 5.73 Å². The van der Waals surface area contributed by atoms with Crippen molar-refractivity contribution in [3.8, 4) is 17.9 Å². The number of nitrogens with two attached hydrogens (primary N) is 1. The summed E-state index contributed by atoms with van der Waals surface area (Å²) in [7, 11) is 0. The van der Waals surface area contributed by atoms with Gasteiger partial charge >= 0.3 is 5.69 Å². The number of rotatable bonds is 4. The topological polar surface area (TPSA) is 126 Å². The van der Waals surface area contributed by atoms with Crippen LogP contribution in [-0.4, -0.2) is 17.6 Å². The smallest absolute Gasteiger partial charge is 0.312 e. The second-order valence-corrected chi connectivity index (χ2v) is 3.10. The van der Waals surface area contributed by atoms with Crippen LogP contribution in [0.25, 0.3) is 0 Å². The van der Waals surface area contributed by atoms with Gasteiger partial charge in [-0.2, -0.15) is 10.5 Å². The summed E-state index contributed by atoms with van der Waals surface area (Å²) in [6.07, 6.45) is 0. The molecule has 1 aromatic carbocycles. The van der Waals surface area contributed by atoms with E-state index in [0.29, 0.717) is 0 Å². The summed E-state index contributed by atoms with van der Waals surface area (Å²) in [5.41, 5.74) is 5.13. The van der Waals surface area contributed by atoms with Crippen LogP contribution in [-0.2, 0) is 0 Å². The lowest BCUT2D eigenvalue weighted by atomic mass is 10.2. The first-order valence-corrected chi connectivity index (χ1v) is 4.55. The summed E-state index contributed by atoms with van der Waals surface area (Å²) in [4.78, 5) is 10.1. The van der Waals surface area contributed by atoms with E-state index >= 15 is 0 Å². The Bertz CT molecular complexity index is 515. The highest BCUT2D eigenvalue weighted by molar-refractivity contribution is 5.51. The molecule has 1 rings (SSSR count). The third kappa shape index (κ3) is 3.16. The van der Waals surface area contributed by atoms with Crippen LogP contribution < -0.4 is 10.5 Å². The first kappa shape index (κ1) is 12.4. The number of benzene rings is 1. The van der Waals surface area contributed by atoms with E-state index in [2.05, 4.69) is 0 Å². The van der Waals surface area contributed by atoms with Crippen molar-refractivity contribution >= 4 is 5.69 Å². The maximum absolute atomic E-state index is 10.7. The fourth-order valence-corrected chi connectivity index (χ4v) is 1.07. The molecular formula is C10H8N4O3. The third-order valence-corrected chi connectivity index (χ3v) is 1.87. The molecule has 0 saturated heterocycles. The van der Waals surface area contributed by atoms with Crippen LogP contribution in [0, 0.1) is 32.8 Å². The van der Waals surface area contributed by atoms with Crippen molar-refractivity contribution in [1.29, 1.82) is 10.5 Å². The van der Waals surface area contributed by atoms with Crippen LogP contribution in [0.2, 0.25) is 0 Å². The average Bonchev–Trinajstić information content (AvgIpc) is 2.35. The molecule has 0 aliphatic carbocycles. The van der Waals surface area contributed by atoms with Gasteiger partial charge in [-0.3, -0.25) is 10.1 Å². The summed E-state index contributed by atoms with van der Waals surface area (Å²) >= 11 is 0. The first-order chi connectivity index (χ1) is 8.08. The van der Waals surface area contributed by atoms with Crippen molar-refractivity contribution < 1.29 is 9.66 Å². The van der Waals surface area contributed by atoms with Gasteiger partial charge in [0.1, 0.15) is 12.6 Å². The van der Waals surface area contributed by atoms with Crippen molar-refractivity contribution in [3.63, 3.8) is 0 Å². The molecule has 2 N–H and O–H groups in total. The quantitative estimate of drug-likeness (QED) is 0.601. The number of ether oxygens (including phenoxy) is 1. The molecule has 17 heavy (non-hydrogen) atoms. The fraction of sp³-hybridized carbons (Fsp3) is 0.200. The summed E-state index contributed by atoms with van der Waals surface area (Å²) in [5.74, 6) is -0.0142. The lowest BCUT2D eigenvalue weighted by Crippen LogP contribution is -2.25. The highest BCUT2D eigenvalue weighted by Gasteiger charge is 2.16. The molecule has 0 radical (unpaired) electrons. The zero-order chi connectivity index (χ0) is 12.8. The molecule has 1 unspecified atom stereocenters. The van der Waals surface area contributed by atoms with Crippen LogP contribution >= 0.6 is 0 Å². The van der Waals surface area contributed by atoms with Gasteiger partial charge in [-0.15, -0.1) is 0 Å². The summed E-state index contributed by atoms with van der Waals surface area (Å²) in [6.45, 7) is -0.150. The van der Waals surface area contributed by atoms with Gasteiger partial charge in [-0.25, -0.2) is 0 Å². The molecule has 0 aliphatic rings. The predicted octanol–water partition coefficient (Wildman–Crippen LogP) is 0.696. The summed E-state index contributed by atoms with van der Waals surface area (Å²) in [5, 5.41) is 27.8. The lowest BCUT2D eigenvalue weighted by molar-refractivity contribution is -0.385. The zero-order valence-corrected chi connectivity index (χ0v) is 8.66. The number of nitro benzene ring substituents is 1. The molecule has 7 nitrogen and oxygen atoms in total. The van der Waals surface area contributed by atoms with Gasteiger partial charge in [0.2, 0.25) is 0 Å². The van der Waals surface area contributed by atoms with E-state index in [-0.39, 0.29) is 23.6 Å². The van der Waals surface area contributed by atoms with Gasteiger partial charge in [-0.05, 0) is 12.1 Å². The van der Waals surface area contributed by atoms with E-state index in [9.17, 15) is 10.1 Å². The molecule has 86 valence electrons. The van der Waals surface area contributed by atoms with Crippen LogP contribution in [0.15, 0.2) is 18.2 Å². The Morgan fingerprint density at radius 2 is 2.24 bits per heavy atom. The van der Waals surface area contributed by atoms with E-state index in [1.807, 2.05) is 0 Å². The second-order valence-electron chi connectivity index (χ2n) is 3.10. The largest absolute Gasteiger partial charge is 0.484 e. The fourth-order valence-electron chi connectivity index (χ4n) is 1.07. The number of nitrogens with zero attached hydrogens (tertiary/aromatic N) is 3. The van der Waals surface area contributed by atoms with Gasteiger partial charge in [-0.1, -0.05) is 0 Å². The minimum Gasteiger partial charge on any atom is -0.484 e. The van der Waals surface area contributed by atoms with Crippen LogP contribution in [0.1, 0.15) is 5.56 Å². The maximum atomic E-state index is 10.7. The van der Waals surface area contributed by atoms with Gasteiger partial charge in [0.05, 0.1) is 22.6 Å². The first-order valence-electron chi connectivity index (χ1n) is 4.55. The van der Waals surface area contributed by atoms with Crippen molar-refractivity contribution in [2.75, 3.05) is 6.61 Å². The Morgan fingerprint density at radius 1 is 1.53 bits per heavy atom. The highest BCUT2D eigenvalue weighted by Crippen LogP contribution is 2.27. The number of nitriles is 2. The minimum atomic E-state index is -0.856. The molecule has 1 atom stereocenters. The Labute approximate surface area is 96.8 Å². The van der Waals surface area contributed by atoms with Crippen LogP contribution in [0.5, 0.6) is 5.75 Å².